The van der Waals surface area contributed by atoms with Crippen molar-refractivity contribution in [2.24, 2.45) is 0 Å². The Hall–Kier alpha value is -2.82. The number of fused-ring (bicyclic) bond motifs is 1. The molecule has 0 fully saturated rings. The van der Waals surface area contributed by atoms with Crippen LogP contribution in [0.2, 0.25) is 0 Å². The molecule has 2 heterocycles. The van der Waals surface area contributed by atoms with E-state index in [1.54, 1.807) is 18.3 Å². The van der Waals surface area contributed by atoms with Crippen LogP contribution in [0.4, 0.5) is 0 Å². The number of amides is 2. The molecule has 21 heavy (non-hydrogen) atoms. The molecule has 1 aliphatic heterocycles. The van der Waals surface area contributed by atoms with E-state index in [0.29, 0.717) is 18.7 Å². The molecule has 1 aromatic carbocycles. The maximum atomic E-state index is 12.0. The molecule has 0 radical (unpaired) electrons. The van der Waals surface area contributed by atoms with Gasteiger partial charge in [-0.05, 0) is 30.7 Å². The van der Waals surface area contributed by atoms with Gasteiger partial charge < -0.3 is 0 Å². The normalized spacial score (nSPS) is 15.0. The molecule has 3 rings (SSSR count). The smallest absolute Gasteiger partial charge is 0.253 e. The molecule has 2 amide bonds. The van der Waals surface area contributed by atoms with E-state index in [0.717, 1.165) is 11.0 Å². The number of hydrogen-bond acceptors (Lipinski definition) is 4. The number of benzene rings is 1. The summed E-state index contributed by atoms with van der Waals surface area (Å²) in [5.74, 6) is -0.611. The SMILES string of the molecule is O=C1C=CCCN1C(=O)/C=C/c1cnc2ccccc2n1. The maximum absolute atomic E-state index is 12.0. The predicted octanol–water partition coefficient (Wildman–Crippen LogP) is 1.96. The van der Waals surface area contributed by atoms with Gasteiger partial charge in [-0.2, -0.15) is 0 Å². The van der Waals surface area contributed by atoms with E-state index in [1.807, 2.05) is 24.3 Å². The Morgan fingerprint density at radius 3 is 2.86 bits per heavy atom. The second-order valence-corrected chi connectivity index (χ2v) is 4.64. The highest BCUT2D eigenvalue weighted by Crippen LogP contribution is 2.10. The Balaban J connectivity index is 1.79. The lowest BCUT2D eigenvalue weighted by Crippen LogP contribution is -2.37. The van der Waals surface area contributed by atoms with Crippen LogP contribution in [0.25, 0.3) is 17.1 Å². The van der Waals surface area contributed by atoms with Gasteiger partial charge in [-0.1, -0.05) is 18.2 Å². The predicted molar refractivity (Wildman–Crippen MR) is 79.0 cm³/mol. The summed E-state index contributed by atoms with van der Waals surface area (Å²) < 4.78 is 0. The molecule has 0 N–H and O–H groups in total. The summed E-state index contributed by atoms with van der Waals surface area (Å²) in [6.45, 7) is 0.419. The van der Waals surface area contributed by atoms with Gasteiger partial charge in [0.25, 0.3) is 11.8 Å². The molecule has 1 aliphatic rings. The van der Waals surface area contributed by atoms with E-state index in [1.165, 1.54) is 17.1 Å². The van der Waals surface area contributed by atoms with Gasteiger partial charge in [0.2, 0.25) is 0 Å². The maximum Gasteiger partial charge on any atom is 0.253 e. The van der Waals surface area contributed by atoms with Crippen molar-refractivity contribution >= 4 is 28.9 Å². The molecular weight excluding hydrogens is 266 g/mol. The Bertz CT molecular complexity index is 765. The highest BCUT2D eigenvalue weighted by molar-refractivity contribution is 6.06. The molecule has 0 atom stereocenters. The summed E-state index contributed by atoms with van der Waals surface area (Å²) in [6.07, 6.45) is 8.42. The summed E-state index contributed by atoms with van der Waals surface area (Å²) in [6, 6.07) is 7.51. The van der Waals surface area contributed by atoms with Crippen LogP contribution in [0.5, 0.6) is 0 Å². The van der Waals surface area contributed by atoms with E-state index in [2.05, 4.69) is 9.97 Å². The standard InChI is InChI=1S/C16H13N3O2/c20-15-7-3-4-10-19(15)16(21)9-8-12-11-17-13-5-1-2-6-14(13)18-12/h1-3,5-9,11H,4,10H2/b9-8+. The van der Waals surface area contributed by atoms with Gasteiger partial charge in [0.15, 0.2) is 0 Å². The van der Waals surface area contributed by atoms with Crippen molar-refractivity contribution in [3.8, 4) is 0 Å². The summed E-state index contributed by atoms with van der Waals surface area (Å²) >= 11 is 0. The van der Waals surface area contributed by atoms with Crippen molar-refractivity contribution in [2.75, 3.05) is 6.54 Å². The number of nitrogens with zero attached hydrogens (tertiary/aromatic N) is 3. The molecule has 0 unspecified atom stereocenters. The largest absolute Gasteiger partial charge is 0.275 e. The monoisotopic (exact) mass is 279 g/mol. The number of carbonyl (C=O) groups is 2. The first-order valence-electron chi connectivity index (χ1n) is 6.66. The zero-order valence-electron chi connectivity index (χ0n) is 11.3. The van der Waals surface area contributed by atoms with Crippen LogP contribution in [0.3, 0.4) is 0 Å². The van der Waals surface area contributed by atoms with Crippen LogP contribution in [-0.4, -0.2) is 33.2 Å². The highest BCUT2D eigenvalue weighted by Gasteiger charge is 2.18. The number of hydrogen-bond donors (Lipinski definition) is 0. The summed E-state index contributed by atoms with van der Waals surface area (Å²) in [4.78, 5) is 33.4. The van der Waals surface area contributed by atoms with Crippen molar-refractivity contribution in [3.05, 3.63) is 54.4 Å². The number of carbonyl (C=O) groups excluding carboxylic acids is 2. The number of aromatic nitrogens is 2. The van der Waals surface area contributed by atoms with Gasteiger partial charge in [0.1, 0.15) is 0 Å². The lowest BCUT2D eigenvalue weighted by molar-refractivity contribution is -0.139. The van der Waals surface area contributed by atoms with Gasteiger partial charge in [-0.15, -0.1) is 0 Å². The number of imide groups is 1. The average molecular weight is 279 g/mol. The molecule has 5 nitrogen and oxygen atoms in total. The zero-order chi connectivity index (χ0) is 14.7. The zero-order valence-corrected chi connectivity index (χ0v) is 11.3. The van der Waals surface area contributed by atoms with Gasteiger partial charge in [-0.25, -0.2) is 4.98 Å². The molecule has 1 aromatic heterocycles. The van der Waals surface area contributed by atoms with Crippen molar-refractivity contribution < 1.29 is 9.59 Å². The Morgan fingerprint density at radius 1 is 1.24 bits per heavy atom. The Morgan fingerprint density at radius 2 is 2.05 bits per heavy atom. The van der Waals surface area contributed by atoms with Crippen LogP contribution in [0.1, 0.15) is 12.1 Å². The third kappa shape index (κ3) is 2.86. The molecule has 0 spiro atoms. The van der Waals surface area contributed by atoms with Crippen molar-refractivity contribution in [1.29, 1.82) is 0 Å². The first kappa shape index (κ1) is 13.2. The first-order chi connectivity index (χ1) is 10.2. The third-order valence-electron chi connectivity index (χ3n) is 3.18. The molecule has 104 valence electrons. The summed E-state index contributed by atoms with van der Waals surface area (Å²) in [7, 11) is 0. The Kier molecular flexibility index (Phi) is 3.55. The van der Waals surface area contributed by atoms with Gasteiger partial charge in [-0.3, -0.25) is 19.5 Å². The van der Waals surface area contributed by atoms with Gasteiger partial charge >= 0.3 is 0 Å². The van der Waals surface area contributed by atoms with E-state index >= 15 is 0 Å². The summed E-state index contributed by atoms with van der Waals surface area (Å²) in [5, 5.41) is 0. The average Bonchev–Trinajstić information content (AvgIpc) is 2.53. The molecule has 0 saturated heterocycles. The van der Waals surface area contributed by atoms with E-state index in [-0.39, 0.29) is 11.8 Å². The van der Waals surface area contributed by atoms with E-state index in [4.69, 9.17) is 0 Å². The van der Waals surface area contributed by atoms with Crippen LogP contribution in [0.15, 0.2) is 48.7 Å². The molecular formula is C16H13N3O2. The van der Waals surface area contributed by atoms with Crippen molar-refractivity contribution in [2.45, 2.75) is 6.42 Å². The van der Waals surface area contributed by atoms with E-state index < -0.39 is 0 Å². The second-order valence-electron chi connectivity index (χ2n) is 4.64. The second kappa shape index (κ2) is 5.66. The minimum absolute atomic E-state index is 0.277. The third-order valence-corrected chi connectivity index (χ3v) is 3.18. The highest BCUT2D eigenvalue weighted by atomic mass is 16.2. The molecule has 5 heteroatoms. The van der Waals surface area contributed by atoms with E-state index in [9.17, 15) is 9.59 Å². The van der Waals surface area contributed by atoms with Gasteiger partial charge in [0, 0.05) is 12.6 Å². The lowest BCUT2D eigenvalue weighted by atomic mass is 10.2. The minimum Gasteiger partial charge on any atom is -0.275 e. The van der Waals surface area contributed by atoms with Crippen LogP contribution < -0.4 is 0 Å². The molecule has 0 bridgehead atoms. The molecule has 2 aromatic rings. The Labute approximate surface area is 121 Å². The van der Waals surface area contributed by atoms with Crippen LogP contribution in [-0.2, 0) is 9.59 Å². The topological polar surface area (TPSA) is 63.2 Å². The summed E-state index contributed by atoms with van der Waals surface area (Å²) in [5.41, 5.74) is 2.16. The van der Waals surface area contributed by atoms with Crippen LogP contribution in [0, 0.1) is 0 Å². The van der Waals surface area contributed by atoms with Gasteiger partial charge in [0.05, 0.1) is 22.9 Å². The quantitative estimate of drug-likeness (QED) is 0.788. The number of rotatable bonds is 2. The number of para-hydroxylation sites is 2. The fourth-order valence-electron chi connectivity index (χ4n) is 2.11. The van der Waals surface area contributed by atoms with Crippen LogP contribution >= 0.6 is 0 Å². The first-order valence-corrected chi connectivity index (χ1v) is 6.66. The minimum atomic E-state index is -0.334. The van der Waals surface area contributed by atoms with Crippen molar-refractivity contribution in [3.63, 3.8) is 0 Å². The molecule has 0 saturated carbocycles. The van der Waals surface area contributed by atoms with Crippen molar-refractivity contribution in [1.82, 2.24) is 14.9 Å². The fourth-order valence-corrected chi connectivity index (χ4v) is 2.11. The molecule has 0 aliphatic carbocycles. The lowest BCUT2D eigenvalue weighted by Gasteiger charge is -2.19. The fraction of sp³-hybridized carbons (Fsp3) is 0.125.